The summed E-state index contributed by atoms with van der Waals surface area (Å²) in [5, 5.41) is 6.91. The summed E-state index contributed by atoms with van der Waals surface area (Å²) in [5.41, 5.74) is 1.26. The molecule has 0 saturated carbocycles. The molecule has 19 heavy (non-hydrogen) atoms. The molecule has 3 nitrogen and oxygen atoms in total. The molecule has 0 unspecified atom stereocenters. The zero-order valence-electron chi connectivity index (χ0n) is 10.8. The Kier molecular flexibility index (Phi) is 3.77. The fraction of sp³-hybridized carbons (Fsp3) is 0.250. The van der Waals surface area contributed by atoms with Gasteiger partial charge in [0, 0.05) is 25.7 Å². The van der Waals surface area contributed by atoms with Crippen molar-refractivity contribution in [3.63, 3.8) is 0 Å². The van der Waals surface area contributed by atoms with Crippen LogP contribution in [-0.2, 0) is 0 Å². The molecule has 0 aromatic heterocycles. The molecular formula is C16H18N2O. The van der Waals surface area contributed by atoms with E-state index in [1.54, 1.807) is 0 Å². The number of ether oxygens (including phenoxy) is 1. The lowest BCUT2D eigenvalue weighted by Crippen LogP contribution is -2.42. The number of nitrogens with one attached hydrogen (secondary N) is 2. The number of hydrogen-bond acceptors (Lipinski definition) is 3. The number of rotatable bonds is 3. The Morgan fingerprint density at radius 2 is 1.74 bits per heavy atom. The second kappa shape index (κ2) is 5.87. The van der Waals surface area contributed by atoms with Crippen LogP contribution < -0.4 is 15.4 Å². The van der Waals surface area contributed by atoms with Crippen LogP contribution in [0.4, 0.5) is 0 Å². The van der Waals surface area contributed by atoms with Gasteiger partial charge in [-0.2, -0.15) is 0 Å². The maximum absolute atomic E-state index is 5.86. The normalized spacial score (nSPS) is 19.1. The van der Waals surface area contributed by atoms with Crippen molar-refractivity contribution in [2.75, 3.05) is 19.6 Å². The molecule has 1 heterocycles. The molecule has 0 spiro atoms. The average Bonchev–Trinajstić information content (AvgIpc) is 2.49. The molecule has 1 aliphatic heterocycles. The summed E-state index contributed by atoms with van der Waals surface area (Å²) in [6, 6.07) is 18.5. The minimum absolute atomic E-state index is 0.369. The second-order valence-corrected chi connectivity index (χ2v) is 4.70. The van der Waals surface area contributed by atoms with Crippen LogP contribution in [0.1, 0.15) is 11.6 Å². The zero-order chi connectivity index (χ0) is 12.9. The summed E-state index contributed by atoms with van der Waals surface area (Å²) in [5.74, 6) is 1.76. The van der Waals surface area contributed by atoms with Crippen molar-refractivity contribution in [1.82, 2.24) is 10.6 Å². The molecule has 1 fully saturated rings. The molecule has 0 bridgehead atoms. The van der Waals surface area contributed by atoms with Crippen LogP contribution in [0.2, 0.25) is 0 Å². The first-order valence-electron chi connectivity index (χ1n) is 6.69. The zero-order valence-corrected chi connectivity index (χ0v) is 10.8. The van der Waals surface area contributed by atoms with Gasteiger partial charge in [0.2, 0.25) is 0 Å². The molecule has 0 aliphatic carbocycles. The van der Waals surface area contributed by atoms with Crippen molar-refractivity contribution in [3.8, 4) is 11.5 Å². The smallest absolute Gasteiger partial charge is 0.127 e. The van der Waals surface area contributed by atoms with Crippen LogP contribution in [0.25, 0.3) is 0 Å². The first kappa shape index (κ1) is 12.2. The van der Waals surface area contributed by atoms with Gasteiger partial charge in [0.1, 0.15) is 11.5 Å². The third kappa shape index (κ3) is 3.13. The maximum atomic E-state index is 5.86. The minimum atomic E-state index is 0.369. The third-order valence-electron chi connectivity index (χ3n) is 3.28. The van der Waals surface area contributed by atoms with Crippen LogP contribution >= 0.6 is 0 Å². The Balaban J connectivity index is 1.76. The van der Waals surface area contributed by atoms with Gasteiger partial charge in [-0.15, -0.1) is 0 Å². The highest BCUT2D eigenvalue weighted by atomic mass is 16.5. The van der Waals surface area contributed by atoms with Crippen LogP contribution in [0.5, 0.6) is 11.5 Å². The van der Waals surface area contributed by atoms with Crippen LogP contribution in [0.15, 0.2) is 54.6 Å². The Hall–Kier alpha value is -1.84. The number of hydrogen-bond donors (Lipinski definition) is 2. The summed E-state index contributed by atoms with van der Waals surface area (Å²) >= 11 is 0. The van der Waals surface area contributed by atoms with E-state index in [2.05, 4.69) is 22.8 Å². The molecule has 3 heteroatoms. The number of piperazine rings is 1. The molecule has 0 amide bonds. The maximum Gasteiger partial charge on any atom is 0.127 e. The first-order chi connectivity index (χ1) is 9.42. The summed E-state index contributed by atoms with van der Waals surface area (Å²) in [4.78, 5) is 0. The number of benzene rings is 2. The highest BCUT2D eigenvalue weighted by molar-refractivity contribution is 5.35. The van der Waals surface area contributed by atoms with Gasteiger partial charge in [-0.25, -0.2) is 0 Å². The van der Waals surface area contributed by atoms with Crippen LogP contribution in [-0.4, -0.2) is 19.6 Å². The Bertz CT molecular complexity index is 521. The molecule has 2 aromatic carbocycles. The highest BCUT2D eigenvalue weighted by Crippen LogP contribution is 2.24. The van der Waals surface area contributed by atoms with Crippen molar-refractivity contribution >= 4 is 0 Å². The molecular weight excluding hydrogens is 236 g/mol. The standard InChI is InChI=1S/C16H18N2O/c1-2-6-14(7-3-1)19-15-8-4-5-13(11-15)16-12-17-9-10-18-16/h1-8,11,16-18H,9-10,12H2/t16-/m0/s1. The summed E-state index contributed by atoms with van der Waals surface area (Å²) in [6.07, 6.45) is 0. The van der Waals surface area contributed by atoms with Crippen molar-refractivity contribution in [2.24, 2.45) is 0 Å². The van der Waals surface area contributed by atoms with E-state index in [0.29, 0.717) is 6.04 Å². The van der Waals surface area contributed by atoms with Crippen molar-refractivity contribution in [1.29, 1.82) is 0 Å². The fourth-order valence-electron chi connectivity index (χ4n) is 2.31. The first-order valence-corrected chi connectivity index (χ1v) is 6.69. The highest BCUT2D eigenvalue weighted by Gasteiger charge is 2.14. The van der Waals surface area contributed by atoms with Gasteiger partial charge in [0.15, 0.2) is 0 Å². The van der Waals surface area contributed by atoms with Crippen molar-refractivity contribution < 1.29 is 4.74 Å². The third-order valence-corrected chi connectivity index (χ3v) is 3.28. The molecule has 2 aromatic rings. The van der Waals surface area contributed by atoms with E-state index in [1.807, 2.05) is 42.5 Å². The van der Waals surface area contributed by atoms with Gasteiger partial charge in [0.25, 0.3) is 0 Å². The van der Waals surface area contributed by atoms with Gasteiger partial charge in [-0.3, -0.25) is 0 Å². The van der Waals surface area contributed by atoms with Gasteiger partial charge in [-0.1, -0.05) is 30.3 Å². The van der Waals surface area contributed by atoms with Crippen LogP contribution in [0.3, 0.4) is 0 Å². The Labute approximate surface area is 113 Å². The Morgan fingerprint density at radius 3 is 2.53 bits per heavy atom. The van der Waals surface area contributed by atoms with Crippen LogP contribution in [0, 0.1) is 0 Å². The predicted molar refractivity (Wildman–Crippen MR) is 76.6 cm³/mol. The minimum Gasteiger partial charge on any atom is -0.457 e. The lowest BCUT2D eigenvalue weighted by Gasteiger charge is -2.25. The molecule has 98 valence electrons. The summed E-state index contributed by atoms with van der Waals surface area (Å²) in [7, 11) is 0. The molecule has 3 rings (SSSR count). The summed E-state index contributed by atoms with van der Waals surface area (Å²) < 4.78 is 5.86. The molecule has 1 saturated heterocycles. The SMILES string of the molecule is c1ccc(Oc2cccc([C@@H]3CNCCN3)c2)cc1. The monoisotopic (exact) mass is 254 g/mol. The topological polar surface area (TPSA) is 33.3 Å². The van der Waals surface area contributed by atoms with Gasteiger partial charge < -0.3 is 15.4 Å². The molecule has 1 atom stereocenters. The van der Waals surface area contributed by atoms with E-state index in [4.69, 9.17) is 4.74 Å². The van der Waals surface area contributed by atoms with Crippen molar-refractivity contribution in [3.05, 3.63) is 60.2 Å². The van der Waals surface area contributed by atoms with Gasteiger partial charge in [0.05, 0.1) is 0 Å². The Morgan fingerprint density at radius 1 is 0.895 bits per heavy atom. The fourth-order valence-corrected chi connectivity index (χ4v) is 2.31. The van der Waals surface area contributed by atoms with E-state index in [-0.39, 0.29) is 0 Å². The molecule has 0 radical (unpaired) electrons. The van der Waals surface area contributed by atoms with Gasteiger partial charge >= 0.3 is 0 Å². The molecule has 1 aliphatic rings. The van der Waals surface area contributed by atoms with Gasteiger partial charge in [-0.05, 0) is 29.8 Å². The van der Waals surface area contributed by atoms with E-state index in [0.717, 1.165) is 31.1 Å². The second-order valence-electron chi connectivity index (χ2n) is 4.70. The number of para-hydroxylation sites is 1. The predicted octanol–water partition coefficient (Wildman–Crippen LogP) is 2.71. The van der Waals surface area contributed by atoms with E-state index < -0.39 is 0 Å². The quantitative estimate of drug-likeness (QED) is 0.883. The van der Waals surface area contributed by atoms with E-state index in [9.17, 15) is 0 Å². The largest absolute Gasteiger partial charge is 0.457 e. The van der Waals surface area contributed by atoms with E-state index >= 15 is 0 Å². The summed E-state index contributed by atoms with van der Waals surface area (Å²) in [6.45, 7) is 3.01. The average molecular weight is 254 g/mol. The lowest BCUT2D eigenvalue weighted by atomic mass is 10.1. The lowest BCUT2D eigenvalue weighted by molar-refractivity contribution is 0.427. The van der Waals surface area contributed by atoms with E-state index in [1.165, 1.54) is 5.56 Å². The van der Waals surface area contributed by atoms with Crippen molar-refractivity contribution in [2.45, 2.75) is 6.04 Å². The molecule has 2 N–H and O–H groups in total.